The van der Waals surface area contributed by atoms with E-state index in [0.29, 0.717) is 16.3 Å². The highest BCUT2D eigenvalue weighted by Gasteiger charge is 2.14. The first kappa shape index (κ1) is 17.8. The van der Waals surface area contributed by atoms with Crippen LogP contribution in [-0.2, 0) is 11.3 Å². The van der Waals surface area contributed by atoms with Gasteiger partial charge in [-0.1, -0.05) is 29.8 Å². The number of aryl methyl sites for hydroxylation is 1. The van der Waals surface area contributed by atoms with Crippen LogP contribution < -0.4 is 5.32 Å². The quantitative estimate of drug-likeness (QED) is 0.653. The van der Waals surface area contributed by atoms with Crippen LogP contribution in [0.3, 0.4) is 0 Å². The number of carbonyl (C=O) groups is 2. The van der Waals surface area contributed by atoms with E-state index in [4.69, 9.17) is 20.8 Å². The van der Waals surface area contributed by atoms with Gasteiger partial charge in [0.15, 0.2) is 5.76 Å². The lowest BCUT2D eigenvalue weighted by Crippen LogP contribution is -2.13. The van der Waals surface area contributed by atoms with E-state index in [9.17, 15) is 9.59 Å². The van der Waals surface area contributed by atoms with Crippen molar-refractivity contribution in [1.29, 1.82) is 0 Å². The smallest absolute Gasteiger partial charge is 0.338 e. The lowest BCUT2D eigenvalue weighted by molar-refractivity contribution is 0.0472. The Kier molecular flexibility index (Phi) is 5.39. The molecule has 1 aromatic heterocycles. The summed E-state index contributed by atoms with van der Waals surface area (Å²) in [6.07, 6.45) is 1.42. The summed E-state index contributed by atoms with van der Waals surface area (Å²) in [7, 11) is 0. The van der Waals surface area contributed by atoms with Crippen molar-refractivity contribution in [1.82, 2.24) is 0 Å². The van der Waals surface area contributed by atoms with Gasteiger partial charge < -0.3 is 14.5 Å². The monoisotopic (exact) mass is 369 g/mol. The molecule has 6 heteroatoms. The summed E-state index contributed by atoms with van der Waals surface area (Å²) in [5.41, 5.74) is 2.52. The maximum absolute atomic E-state index is 12.3. The Morgan fingerprint density at radius 3 is 2.58 bits per heavy atom. The van der Waals surface area contributed by atoms with E-state index in [1.54, 1.807) is 54.6 Å². The molecule has 5 nitrogen and oxygen atoms in total. The van der Waals surface area contributed by atoms with Crippen molar-refractivity contribution in [3.8, 4) is 0 Å². The van der Waals surface area contributed by atoms with Crippen LogP contribution in [0.4, 0.5) is 5.69 Å². The van der Waals surface area contributed by atoms with E-state index >= 15 is 0 Å². The van der Waals surface area contributed by atoms with Gasteiger partial charge >= 0.3 is 5.97 Å². The summed E-state index contributed by atoms with van der Waals surface area (Å²) in [6.45, 7) is 1.97. The highest BCUT2D eigenvalue weighted by molar-refractivity contribution is 6.30. The molecule has 0 aliphatic heterocycles. The van der Waals surface area contributed by atoms with Crippen molar-refractivity contribution >= 4 is 29.2 Å². The van der Waals surface area contributed by atoms with Crippen molar-refractivity contribution in [2.24, 2.45) is 0 Å². The highest BCUT2D eigenvalue weighted by atomic mass is 35.5. The van der Waals surface area contributed by atoms with Gasteiger partial charge in [-0.25, -0.2) is 4.79 Å². The number of rotatable bonds is 5. The van der Waals surface area contributed by atoms with E-state index in [-0.39, 0.29) is 18.3 Å². The van der Waals surface area contributed by atoms with E-state index < -0.39 is 5.97 Å². The summed E-state index contributed by atoms with van der Waals surface area (Å²) >= 11 is 5.83. The summed E-state index contributed by atoms with van der Waals surface area (Å²) in [6, 6.07) is 15.2. The van der Waals surface area contributed by atoms with Crippen molar-refractivity contribution < 1.29 is 18.7 Å². The van der Waals surface area contributed by atoms with E-state index in [1.807, 2.05) is 6.92 Å². The van der Waals surface area contributed by atoms with Gasteiger partial charge in [-0.2, -0.15) is 0 Å². The molecule has 0 spiro atoms. The van der Waals surface area contributed by atoms with Gasteiger partial charge in [0.05, 0.1) is 11.8 Å². The summed E-state index contributed by atoms with van der Waals surface area (Å²) < 4.78 is 10.4. The summed E-state index contributed by atoms with van der Waals surface area (Å²) in [4.78, 5) is 24.4. The van der Waals surface area contributed by atoms with E-state index in [1.165, 1.54) is 6.26 Å². The molecule has 0 aliphatic carbocycles. The molecule has 0 aliphatic rings. The molecular formula is C20H16ClNO4. The Morgan fingerprint density at radius 2 is 1.88 bits per heavy atom. The minimum absolute atomic E-state index is 0.137. The molecule has 0 fully saturated rings. The molecule has 26 heavy (non-hydrogen) atoms. The van der Waals surface area contributed by atoms with Crippen molar-refractivity contribution in [2.45, 2.75) is 13.5 Å². The van der Waals surface area contributed by atoms with Crippen molar-refractivity contribution in [2.75, 3.05) is 5.32 Å². The fourth-order valence-corrected chi connectivity index (χ4v) is 2.41. The molecule has 0 radical (unpaired) electrons. The molecule has 1 N–H and O–H groups in total. The number of hydrogen-bond donors (Lipinski definition) is 1. The van der Waals surface area contributed by atoms with Crippen molar-refractivity contribution in [3.05, 3.63) is 88.3 Å². The van der Waals surface area contributed by atoms with Gasteiger partial charge in [0, 0.05) is 10.7 Å². The zero-order valence-electron chi connectivity index (χ0n) is 14.0. The molecule has 2 aromatic carbocycles. The predicted octanol–water partition coefficient (Wildman–Crippen LogP) is 4.85. The molecule has 0 saturated carbocycles. The van der Waals surface area contributed by atoms with Crippen LogP contribution in [0.1, 0.15) is 32.0 Å². The van der Waals surface area contributed by atoms with Crippen LogP contribution in [-0.4, -0.2) is 11.9 Å². The lowest BCUT2D eigenvalue weighted by atomic mass is 10.1. The number of furan rings is 1. The third-order valence-corrected chi connectivity index (χ3v) is 4.00. The molecule has 1 amide bonds. The van der Waals surface area contributed by atoms with Gasteiger partial charge in [0.25, 0.3) is 5.91 Å². The van der Waals surface area contributed by atoms with Crippen LogP contribution >= 0.6 is 11.6 Å². The zero-order chi connectivity index (χ0) is 18.5. The Bertz CT molecular complexity index is 917. The van der Waals surface area contributed by atoms with Crippen LogP contribution in [0, 0.1) is 6.92 Å². The summed E-state index contributed by atoms with van der Waals surface area (Å²) in [5.74, 6) is -0.668. The third kappa shape index (κ3) is 4.32. The first-order valence-electron chi connectivity index (χ1n) is 7.90. The number of hydrogen-bond acceptors (Lipinski definition) is 4. The van der Waals surface area contributed by atoms with Crippen molar-refractivity contribution in [3.63, 3.8) is 0 Å². The normalized spacial score (nSPS) is 10.4. The predicted molar refractivity (Wildman–Crippen MR) is 98.4 cm³/mol. The van der Waals surface area contributed by atoms with Gasteiger partial charge in [0.2, 0.25) is 0 Å². The number of benzene rings is 2. The Morgan fingerprint density at radius 1 is 1.12 bits per heavy atom. The largest absolute Gasteiger partial charge is 0.459 e. The number of ether oxygens (including phenoxy) is 1. The van der Waals surface area contributed by atoms with Crippen LogP contribution in [0.15, 0.2) is 65.3 Å². The average molecular weight is 370 g/mol. The lowest BCUT2D eigenvalue weighted by Gasteiger charge is -2.10. The SMILES string of the molecule is Cc1ccc(C(=O)OCc2ccc(Cl)cc2)cc1NC(=O)c1ccco1. The maximum atomic E-state index is 12.3. The topological polar surface area (TPSA) is 68.5 Å². The second-order valence-electron chi connectivity index (χ2n) is 5.66. The standard InChI is InChI=1S/C20H16ClNO4/c1-13-4-7-15(11-17(13)22-19(23)18-3-2-10-25-18)20(24)26-12-14-5-8-16(21)9-6-14/h2-11H,12H2,1H3,(H,22,23). The second kappa shape index (κ2) is 7.89. The van der Waals surface area contributed by atoms with Crippen LogP contribution in [0.5, 0.6) is 0 Å². The molecular weight excluding hydrogens is 354 g/mol. The van der Waals surface area contributed by atoms with Gasteiger partial charge in [-0.3, -0.25) is 4.79 Å². The molecule has 0 atom stereocenters. The minimum atomic E-state index is -0.478. The Labute approximate surface area is 155 Å². The maximum Gasteiger partial charge on any atom is 0.338 e. The van der Waals surface area contributed by atoms with Gasteiger partial charge in [-0.05, 0) is 54.4 Å². The summed E-state index contributed by atoms with van der Waals surface area (Å²) in [5, 5.41) is 3.35. The first-order valence-corrected chi connectivity index (χ1v) is 8.28. The number of amides is 1. The second-order valence-corrected chi connectivity index (χ2v) is 6.10. The fourth-order valence-electron chi connectivity index (χ4n) is 2.29. The molecule has 3 aromatic rings. The highest BCUT2D eigenvalue weighted by Crippen LogP contribution is 2.19. The Balaban J connectivity index is 1.68. The molecule has 0 unspecified atom stereocenters. The molecule has 0 saturated heterocycles. The Hall–Kier alpha value is -3.05. The van der Waals surface area contributed by atoms with E-state index in [2.05, 4.69) is 5.32 Å². The molecule has 3 rings (SSSR count). The number of esters is 1. The molecule has 0 bridgehead atoms. The zero-order valence-corrected chi connectivity index (χ0v) is 14.7. The van der Waals surface area contributed by atoms with Crippen LogP contribution in [0.2, 0.25) is 5.02 Å². The molecule has 132 valence electrons. The van der Waals surface area contributed by atoms with Gasteiger partial charge in [-0.15, -0.1) is 0 Å². The number of anilines is 1. The number of carbonyl (C=O) groups excluding carboxylic acids is 2. The van der Waals surface area contributed by atoms with Crippen LogP contribution in [0.25, 0.3) is 0 Å². The molecule has 1 heterocycles. The number of nitrogens with one attached hydrogen (secondary N) is 1. The average Bonchev–Trinajstić information content (AvgIpc) is 3.17. The van der Waals surface area contributed by atoms with Gasteiger partial charge in [0.1, 0.15) is 6.61 Å². The third-order valence-electron chi connectivity index (χ3n) is 3.75. The van der Waals surface area contributed by atoms with E-state index in [0.717, 1.165) is 11.1 Å². The number of halogens is 1. The first-order chi connectivity index (χ1) is 12.5. The fraction of sp³-hybridized carbons (Fsp3) is 0.100. The minimum Gasteiger partial charge on any atom is -0.459 e.